The van der Waals surface area contributed by atoms with E-state index in [1.54, 1.807) is 6.20 Å². The van der Waals surface area contributed by atoms with Crippen molar-refractivity contribution in [2.24, 2.45) is 16.6 Å². The van der Waals surface area contributed by atoms with E-state index in [9.17, 15) is 0 Å². The molecule has 1 aromatic rings. The number of nitrogens with two attached hydrogens (primary N) is 1. The van der Waals surface area contributed by atoms with Gasteiger partial charge >= 0.3 is 0 Å². The molecule has 0 spiro atoms. The van der Waals surface area contributed by atoms with E-state index in [2.05, 4.69) is 29.1 Å². The third-order valence-electron chi connectivity index (χ3n) is 3.85. The maximum absolute atomic E-state index is 5.91. The fourth-order valence-electron chi connectivity index (χ4n) is 2.51. The molecule has 0 aliphatic heterocycles. The summed E-state index contributed by atoms with van der Waals surface area (Å²) in [5, 5.41) is 3.14. The molecule has 1 saturated carbocycles. The molecule has 0 unspecified atom stereocenters. The number of pyridine rings is 1. The van der Waals surface area contributed by atoms with Crippen molar-refractivity contribution < 1.29 is 4.74 Å². The van der Waals surface area contributed by atoms with Crippen LogP contribution in [0.3, 0.4) is 0 Å². The number of hydrogen-bond donors (Lipinski definition) is 2. The Kier molecular flexibility index (Phi) is 9.28. The maximum atomic E-state index is 5.91. The highest BCUT2D eigenvalue weighted by atomic mass is 127. The van der Waals surface area contributed by atoms with Gasteiger partial charge in [-0.1, -0.05) is 13.8 Å². The minimum absolute atomic E-state index is 0. The number of hydrogen-bond acceptors (Lipinski definition) is 3. The second kappa shape index (κ2) is 10.7. The van der Waals surface area contributed by atoms with E-state index in [0.717, 1.165) is 31.4 Å². The first-order valence-electron chi connectivity index (χ1n) is 8.29. The molecule has 0 saturated heterocycles. The summed E-state index contributed by atoms with van der Waals surface area (Å²) in [6.45, 7) is 5.79. The summed E-state index contributed by atoms with van der Waals surface area (Å²) in [4.78, 5) is 8.65. The number of rotatable bonds is 7. The molecule has 1 heterocycles. The maximum Gasteiger partial charge on any atom is 0.213 e. The molecule has 3 N–H and O–H groups in total. The molecular weight excluding hydrogens is 403 g/mol. The third kappa shape index (κ3) is 7.85. The molecule has 0 amide bonds. The Balaban J connectivity index is 0.00000264. The highest BCUT2D eigenvalue weighted by Gasteiger charge is 2.16. The fourth-order valence-corrected chi connectivity index (χ4v) is 2.51. The smallest absolute Gasteiger partial charge is 0.213 e. The van der Waals surface area contributed by atoms with Gasteiger partial charge in [0.2, 0.25) is 5.88 Å². The predicted molar refractivity (Wildman–Crippen MR) is 105 cm³/mol. The molecule has 0 radical (unpaired) electrons. The van der Waals surface area contributed by atoms with Gasteiger partial charge in [-0.3, -0.25) is 0 Å². The number of ether oxygens (including phenoxy) is 1. The van der Waals surface area contributed by atoms with Crippen LogP contribution >= 0.6 is 24.0 Å². The monoisotopic (exact) mass is 432 g/mol. The largest absolute Gasteiger partial charge is 0.474 e. The molecule has 1 aliphatic carbocycles. The van der Waals surface area contributed by atoms with Crippen LogP contribution in [0.25, 0.3) is 0 Å². The predicted octanol–water partition coefficient (Wildman–Crippen LogP) is 3.47. The number of nitrogens with zero attached hydrogens (tertiary/aromatic N) is 2. The number of guanidine groups is 1. The quantitative estimate of drug-likeness (QED) is 0.393. The minimum Gasteiger partial charge on any atom is -0.474 e. The lowest BCUT2D eigenvalue weighted by Gasteiger charge is -2.12. The molecule has 6 heteroatoms. The SMILES string of the molecule is CC(C)CCNC(N)=NCc1ccnc(OC2CCCC2)c1.I. The molecule has 1 aromatic heterocycles. The first-order valence-corrected chi connectivity index (χ1v) is 8.29. The Labute approximate surface area is 156 Å². The molecule has 1 fully saturated rings. The Hall–Kier alpha value is -1.05. The van der Waals surface area contributed by atoms with E-state index in [4.69, 9.17) is 10.5 Å². The number of aromatic nitrogens is 1. The molecule has 1 aliphatic rings. The van der Waals surface area contributed by atoms with Crippen LogP contribution in [0.1, 0.15) is 51.5 Å². The second-order valence-electron chi connectivity index (χ2n) is 6.34. The van der Waals surface area contributed by atoms with Gasteiger partial charge in [0.15, 0.2) is 5.96 Å². The van der Waals surface area contributed by atoms with Crippen LogP contribution in [0, 0.1) is 5.92 Å². The minimum atomic E-state index is 0. The van der Waals surface area contributed by atoms with Gasteiger partial charge in [-0.2, -0.15) is 0 Å². The molecular formula is C17H29IN4O. The summed E-state index contributed by atoms with van der Waals surface area (Å²) in [6.07, 6.45) is 7.98. The van der Waals surface area contributed by atoms with Crippen molar-refractivity contribution in [2.45, 2.75) is 58.6 Å². The van der Waals surface area contributed by atoms with Crippen molar-refractivity contribution in [3.63, 3.8) is 0 Å². The molecule has 23 heavy (non-hydrogen) atoms. The first kappa shape index (κ1) is 20.0. The fraction of sp³-hybridized carbons (Fsp3) is 0.647. The average Bonchev–Trinajstić information content (AvgIpc) is 2.98. The van der Waals surface area contributed by atoms with Gasteiger partial charge in [-0.15, -0.1) is 24.0 Å². The van der Waals surface area contributed by atoms with Crippen molar-refractivity contribution in [1.82, 2.24) is 10.3 Å². The van der Waals surface area contributed by atoms with Crippen LogP contribution in [-0.2, 0) is 6.54 Å². The lowest BCUT2D eigenvalue weighted by atomic mass is 10.1. The standard InChI is InChI=1S/C17H28N4O.HI/c1-13(2)7-9-20-17(18)21-12-14-8-10-19-16(11-14)22-15-5-3-4-6-15;/h8,10-11,13,15H,3-7,9,12H2,1-2H3,(H3,18,20,21);1H. The summed E-state index contributed by atoms with van der Waals surface area (Å²) >= 11 is 0. The average molecular weight is 432 g/mol. The lowest BCUT2D eigenvalue weighted by Crippen LogP contribution is -2.32. The summed E-state index contributed by atoms with van der Waals surface area (Å²) < 4.78 is 5.91. The van der Waals surface area contributed by atoms with Crippen LogP contribution < -0.4 is 15.8 Å². The van der Waals surface area contributed by atoms with Crippen LogP contribution in [0.5, 0.6) is 5.88 Å². The van der Waals surface area contributed by atoms with E-state index in [1.165, 1.54) is 12.8 Å². The van der Waals surface area contributed by atoms with E-state index in [0.29, 0.717) is 30.4 Å². The van der Waals surface area contributed by atoms with Gasteiger partial charge in [-0.25, -0.2) is 9.98 Å². The van der Waals surface area contributed by atoms with Crippen LogP contribution in [0.15, 0.2) is 23.3 Å². The zero-order chi connectivity index (χ0) is 15.8. The molecule has 0 atom stereocenters. The molecule has 0 bridgehead atoms. The van der Waals surface area contributed by atoms with Crippen LogP contribution in [0.2, 0.25) is 0 Å². The summed E-state index contributed by atoms with van der Waals surface area (Å²) in [6, 6.07) is 3.91. The zero-order valence-electron chi connectivity index (χ0n) is 14.1. The van der Waals surface area contributed by atoms with Crippen molar-refractivity contribution in [1.29, 1.82) is 0 Å². The molecule has 5 nitrogen and oxygen atoms in total. The van der Waals surface area contributed by atoms with Gasteiger partial charge in [0.1, 0.15) is 6.10 Å². The second-order valence-corrected chi connectivity index (χ2v) is 6.34. The Morgan fingerprint density at radius 3 is 2.87 bits per heavy atom. The number of halogens is 1. The summed E-state index contributed by atoms with van der Waals surface area (Å²) in [5.41, 5.74) is 6.94. The van der Waals surface area contributed by atoms with Crippen molar-refractivity contribution in [3.05, 3.63) is 23.9 Å². The van der Waals surface area contributed by atoms with E-state index in [1.807, 2.05) is 12.1 Å². The topological polar surface area (TPSA) is 72.5 Å². The van der Waals surface area contributed by atoms with Gasteiger partial charge in [0.05, 0.1) is 6.54 Å². The van der Waals surface area contributed by atoms with E-state index in [-0.39, 0.29) is 24.0 Å². The highest BCUT2D eigenvalue weighted by Crippen LogP contribution is 2.23. The zero-order valence-corrected chi connectivity index (χ0v) is 16.5. The molecule has 2 rings (SSSR count). The Bertz CT molecular complexity index is 487. The van der Waals surface area contributed by atoms with Crippen molar-refractivity contribution >= 4 is 29.9 Å². The lowest BCUT2D eigenvalue weighted by molar-refractivity contribution is 0.201. The summed E-state index contributed by atoms with van der Waals surface area (Å²) in [7, 11) is 0. The van der Waals surface area contributed by atoms with Crippen molar-refractivity contribution in [3.8, 4) is 5.88 Å². The highest BCUT2D eigenvalue weighted by molar-refractivity contribution is 14.0. The van der Waals surface area contributed by atoms with Gasteiger partial charge < -0.3 is 15.8 Å². The van der Waals surface area contributed by atoms with E-state index < -0.39 is 0 Å². The summed E-state index contributed by atoms with van der Waals surface area (Å²) in [5.74, 6) is 1.86. The van der Waals surface area contributed by atoms with Crippen molar-refractivity contribution in [2.75, 3.05) is 6.54 Å². The van der Waals surface area contributed by atoms with E-state index >= 15 is 0 Å². The Morgan fingerprint density at radius 2 is 2.17 bits per heavy atom. The van der Waals surface area contributed by atoms with Gasteiger partial charge in [0.25, 0.3) is 0 Å². The van der Waals surface area contributed by atoms with Gasteiger partial charge in [0, 0.05) is 18.8 Å². The third-order valence-corrected chi connectivity index (χ3v) is 3.85. The number of aliphatic imine (C=N–C) groups is 1. The van der Waals surface area contributed by atoms with Gasteiger partial charge in [-0.05, 0) is 49.7 Å². The first-order chi connectivity index (χ1) is 10.6. The van der Waals surface area contributed by atoms with Crippen LogP contribution in [-0.4, -0.2) is 23.6 Å². The molecule has 0 aromatic carbocycles. The number of nitrogens with one attached hydrogen (secondary N) is 1. The normalized spacial score (nSPS) is 15.5. The Morgan fingerprint density at radius 1 is 1.43 bits per heavy atom. The van der Waals surface area contributed by atoms with Crippen LogP contribution in [0.4, 0.5) is 0 Å². The molecule has 130 valence electrons.